The van der Waals surface area contributed by atoms with Gasteiger partial charge in [-0.05, 0) is 37.0 Å². The van der Waals surface area contributed by atoms with Gasteiger partial charge in [0.2, 0.25) is 0 Å². The van der Waals surface area contributed by atoms with Crippen LogP contribution in [0.3, 0.4) is 0 Å². The lowest BCUT2D eigenvalue weighted by atomic mass is 10.1. The van der Waals surface area contributed by atoms with Crippen LogP contribution in [0.5, 0.6) is 0 Å². The number of urea groups is 1. The number of hydrogen-bond donors (Lipinski definition) is 1. The number of hydrogen-bond acceptors (Lipinski definition) is 3. The van der Waals surface area contributed by atoms with Crippen molar-refractivity contribution >= 4 is 11.7 Å². The number of carbonyl (C=O) groups excluding carboxylic acids is 1. The highest BCUT2D eigenvalue weighted by molar-refractivity contribution is 5.73. The van der Waals surface area contributed by atoms with E-state index in [0.29, 0.717) is 13.1 Å². The minimum absolute atomic E-state index is 0.0501. The van der Waals surface area contributed by atoms with Crippen molar-refractivity contribution in [1.29, 1.82) is 0 Å². The third-order valence-corrected chi connectivity index (χ3v) is 3.99. The van der Waals surface area contributed by atoms with E-state index >= 15 is 0 Å². The molecule has 0 bridgehead atoms. The average molecular weight is 305 g/mol. The van der Waals surface area contributed by atoms with E-state index in [1.807, 2.05) is 33.3 Å². The number of anilines is 1. The summed E-state index contributed by atoms with van der Waals surface area (Å²) in [6.45, 7) is 2.02. The summed E-state index contributed by atoms with van der Waals surface area (Å²) in [6.07, 6.45) is 3.56. The molecule has 0 saturated carbocycles. The first-order valence-electron chi connectivity index (χ1n) is 7.93. The van der Waals surface area contributed by atoms with Crippen molar-refractivity contribution in [2.75, 3.05) is 39.2 Å². The lowest BCUT2D eigenvalue weighted by Crippen LogP contribution is -2.42. The molecule has 0 spiro atoms. The highest BCUT2D eigenvalue weighted by Gasteiger charge is 2.18. The zero-order chi connectivity index (χ0) is 15.9. The van der Waals surface area contributed by atoms with Crippen molar-refractivity contribution < 1.29 is 9.53 Å². The molecule has 1 aliphatic rings. The Morgan fingerprint density at radius 2 is 1.95 bits per heavy atom. The highest BCUT2D eigenvalue weighted by Crippen LogP contribution is 2.14. The maximum Gasteiger partial charge on any atom is 0.317 e. The Bertz CT molecular complexity index is 467. The Kier molecular flexibility index (Phi) is 6.07. The van der Waals surface area contributed by atoms with Gasteiger partial charge in [-0.2, -0.15) is 0 Å². The molecule has 0 aromatic heterocycles. The molecule has 1 aromatic carbocycles. The second-order valence-corrected chi connectivity index (χ2v) is 6.09. The van der Waals surface area contributed by atoms with Crippen molar-refractivity contribution in [2.24, 2.45) is 0 Å². The van der Waals surface area contributed by atoms with Crippen molar-refractivity contribution in [3.05, 3.63) is 29.8 Å². The predicted molar refractivity (Wildman–Crippen MR) is 89.2 cm³/mol. The Morgan fingerprint density at radius 3 is 2.55 bits per heavy atom. The fourth-order valence-electron chi connectivity index (χ4n) is 2.56. The third-order valence-electron chi connectivity index (χ3n) is 3.99. The van der Waals surface area contributed by atoms with E-state index < -0.39 is 0 Å². The zero-order valence-corrected chi connectivity index (χ0v) is 13.8. The minimum atomic E-state index is -0.0501. The van der Waals surface area contributed by atoms with E-state index in [2.05, 4.69) is 22.3 Å². The Morgan fingerprint density at radius 1 is 1.23 bits per heavy atom. The van der Waals surface area contributed by atoms with Gasteiger partial charge in [0.1, 0.15) is 0 Å². The first kappa shape index (κ1) is 16.6. The normalized spacial score (nSPS) is 17.9. The highest BCUT2D eigenvalue weighted by atomic mass is 16.5. The van der Waals surface area contributed by atoms with Crippen LogP contribution in [0.15, 0.2) is 24.3 Å². The van der Waals surface area contributed by atoms with Crippen molar-refractivity contribution in [3.63, 3.8) is 0 Å². The number of amides is 2. The van der Waals surface area contributed by atoms with Crippen LogP contribution >= 0.6 is 0 Å². The molecular formula is C17H27N3O2. The fourth-order valence-corrected chi connectivity index (χ4v) is 2.56. The van der Waals surface area contributed by atoms with Gasteiger partial charge >= 0.3 is 6.03 Å². The van der Waals surface area contributed by atoms with Crippen LogP contribution in [0, 0.1) is 0 Å². The SMILES string of the molecule is CN(CC1CCCCO1)C(=O)NCc1ccc(N(C)C)cc1. The molecule has 5 nitrogen and oxygen atoms in total. The first-order chi connectivity index (χ1) is 10.6. The molecule has 2 rings (SSSR count). The second kappa shape index (κ2) is 8.03. The summed E-state index contributed by atoms with van der Waals surface area (Å²) in [7, 11) is 5.85. The summed E-state index contributed by atoms with van der Waals surface area (Å²) < 4.78 is 5.67. The third kappa shape index (κ3) is 4.91. The molecule has 5 heteroatoms. The fraction of sp³-hybridized carbons (Fsp3) is 0.588. The largest absolute Gasteiger partial charge is 0.378 e. The quantitative estimate of drug-likeness (QED) is 0.909. The van der Waals surface area contributed by atoms with Crippen LogP contribution in [0.2, 0.25) is 0 Å². The summed E-state index contributed by atoms with van der Waals surface area (Å²) in [5.41, 5.74) is 2.25. The molecule has 22 heavy (non-hydrogen) atoms. The van der Waals surface area contributed by atoms with Gasteiger partial charge in [-0.3, -0.25) is 0 Å². The van der Waals surface area contributed by atoms with Gasteiger partial charge < -0.3 is 19.9 Å². The summed E-state index contributed by atoms with van der Waals surface area (Å²) in [6, 6.07) is 8.15. The van der Waals surface area contributed by atoms with Gasteiger partial charge in [0, 0.05) is 46.5 Å². The van der Waals surface area contributed by atoms with Crippen LogP contribution in [0.1, 0.15) is 24.8 Å². The Balaban J connectivity index is 1.76. The number of ether oxygens (including phenoxy) is 1. The summed E-state index contributed by atoms with van der Waals surface area (Å²) in [4.78, 5) is 15.9. The van der Waals surface area contributed by atoms with E-state index in [-0.39, 0.29) is 12.1 Å². The lowest BCUT2D eigenvalue weighted by Gasteiger charge is -2.27. The zero-order valence-electron chi connectivity index (χ0n) is 13.8. The molecule has 2 amide bonds. The van der Waals surface area contributed by atoms with Gasteiger partial charge in [0.25, 0.3) is 0 Å². The second-order valence-electron chi connectivity index (χ2n) is 6.09. The van der Waals surface area contributed by atoms with E-state index in [4.69, 9.17) is 4.74 Å². The molecule has 1 unspecified atom stereocenters. The van der Waals surface area contributed by atoms with E-state index in [1.54, 1.807) is 4.90 Å². The number of nitrogens with one attached hydrogen (secondary N) is 1. The molecule has 1 N–H and O–H groups in total. The molecule has 1 heterocycles. The summed E-state index contributed by atoms with van der Waals surface area (Å²) >= 11 is 0. The number of carbonyl (C=O) groups is 1. The molecular weight excluding hydrogens is 278 g/mol. The van der Waals surface area contributed by atoms with Crippen molar-refractivity contribution in [1.82, 2.24) is 10.2 Å². The van der Waals surface area contributed by atoms with Crippen molar-refractivity contribution in [3.8, 4) is 0 Å². The molecule has 1 saturated heterocycles. The Labute approximate surface area is 133 Å². The summed E-state index contributed by atoms with van der Waals surface area (Å²) in [5, 5.41) is 2.95. The van der Waals surface area contributed by atoms with Crippen molar-refractivity contribution in [2.45, 2.75) is 31.9 Å². The van der Waals surface area contributed by atoms with Crippen LogP contribution < -0.4 is 10.2 Å². The number of likely N-dealkylation sites (N-methyl/N-ethyl adjacent to an activating group) is 1. The molecule has 1 fully saturated rings. The summed E-state index contributed by atoms with van der Waals surface area (Å²) in [5.74, 6) is 0. The number of nitrogens with zero attached hydrogens (tertiary/aromatic N) is 2. The standard InChI is InChI=1S/C17H27N3O2/c1-19(2)15-9-7-14(8-10-15)12-18-17(21)20(3)13-16-6-4-5-11-22-16/h7-10,16H,4-6,11-13H2,1-3H3,(H,18,21). The van der Waals surface area contributed by atoms with Crippen LogP contribution in [-0.4, -0.2) is 51.3 Å². The molecule has 1 aromatic rings. The van der Waals surface area contributed by atoms with Crippen LogP contribution in [-0.2, 0) is 11.3 Å². The molecule has 0 aliphatic carbocycles. The van der Waals surface area contributed by atoms with Crippen LogP contribution in [0.25, 0.3) is 0 Å². The maximum atomic E-state index is 12.1. The monoisotopic (exact) mass is 305 g/mol. The maximum absolute atomic E-state index is 12.1. The van der Waals surface area contributed by atoms with Crippen LogP contribution in [0.4, 0.5) is 10.5 Å². The first-order valence-corrected chi connectivity index (χ1v) is 7.93. The van der Waals surface area contributed by atoms with E-state index in [1.165, 1.54) is 6.42 Å². The average Bonchev–Trinajstić information content (AvgIpc) is 2.53. The smallest absolute Gasteiger partial charge is 0.317 e. The van der Waals surface area contributed by atoms with E-state index in [0.717, 1.165) is 30.7 Å². The predicted octanol–water partition coefficient (Wildman–Crippen LogP) is 2.46. The van der Waals surface area contributed by atoms with E-state index in [9.17, 15) is 4.79 Å². The number of rotatable bonds is 5. The van der Waals surface area contributed by atoms with Gasteiger partial charge in [-0.15, -0.1) is 0 Å². The van der Waals surface area contributed by atoms with Gasteiger partial charge in [0.15, 0.2) is 0 Å². The lowest BCUT2D eigenvalue weighted by molar-refractivity contribution is 0.00385. The minimum Gasteiger partial charge on any atom is -0.378 e. The topological polar surface area (TPSA) is 44.8 Å². The molecule has 1 aliphatic heterocycles. The Hall–Kier alpha value is -1.75. The van der Waals surface area contributed by atoms with Gasteiger partial charge in [-0.1, -0.05) is 12.1 Å². The molecule has 0 radical (unpaired) electrons. The van der Waals surface area contributed by atoms with Gasteiger partial charge in [0.05, 0.1) is 6.10 Å². The molecule has 122 valence electrons. The van der Waals surface area contributed by atoms with Gasteiger partial charge in [-0.25, -0.2) is 4.79 Å². The molecule has 1 atom stereocenters. The number of benzene rings is 1.